The van der Waals surface area contributed by atoms with E-state index in [1.807, 2.05) is 19.1 Å². The highest BCUT2D eigenvalue weighted by Gasteiger charge is 2.03. The Morgan fingerprint density at radius 1 is 0.889 bits per heavy atom. The summed E-state index contributed by atoms with van der Waals surface area (Å²) >= 11 is 0. The highest BCUT2D eigenvalue weighted by Crippen LogP contribution is 2.13. The van der Waals surface area contributed by atoms with Crippen molar-refractivity contribution in [2.75, 3.05) is 0 Å². The Labute approximate surface area is 168 Å². The molecule has 0 atom stereocenters. The lowest BCUT2D eigenvalue weighted by atomic mass is 9.97. The molecule has 2 aromatic rings. The normalized spacial score (nSPS) is 9.67. The van der Waals surface area contributed by atoms with Gasteiger partial charge in [0.05, 0.1) is 0 Å². The Morgan fingerprint density at radius 2 is 1.41 bits per heavy atom. The van der Waals surface area contributed by atoms with Crippen molar-refractivity contribution in [1.29, 1.82) is 0 Å². The molecular formula is C27H38. The topological polar surface area (TPSA) is 0 Å². The van der Waals surface area contributed by atoms with Crippen molar-refractivity contribution in [2.45, 2.75) is 68.7 Å². The van der Waals surface area contributed by atoms with Crippen LogP contribution in [0, 0.1) is 38.0 Å². The molecule has 0 N–H and O–H groups in total. The number of rotatable bonds is 1. The highest BCUT2D eigenvalue weighted by atomic mass is 14.1. The van der Waals surface area contributed by atoms with Gasteiger partial charge in [-0.15, -0.1) is 0 Å². The highest BCUT2D eigenvalue weighted by molar-refractivity contribution is 5.62. The van der Waals surface area contributed by atoms with Crippen LogP contribution in [0.5, 0.6) is 0 Å². The van der Waals surface area contributed by atoms with Gasteiger partial charge in [0.2, 0.25) is 0 Å². The van der Waals surface area contributed by atoms with Gasteiger partial charge in [0.15, 0.2) is 0 Å². The Hall–Kier alpha value is -2.26. The molecule has 0 amide bonds. The minimum absolute atomic E-state index is 0.0625. The Balaban J connectivity index is 0.000000477. The maximum absolute atomic E-state index is 3.90. The third-order valence-electron chi connectivity index (χ3n) is 3.62. The van der Waals surface area contributed by atoms with Crippen LogP contribution in [0.1, 0.15) is 75.8 Å². The van der Waals surface area contributed by atoms with E-state index in [4.69, 9.17) is 0 Å². The average molecular weight is 363 g/mol. The molecule has 0 bridgehead atoms. The van der Waals surface area contributed by atoms with Gasteiger partial charge in [-0.2, -0.15) is 0 Å². The van der Waals surface area contributed by atoms with Crippen LogP contribution in [0.3, 0.4) is 0 Å². The standard InChI is InChI=1S/C15H18.C9H12.C3H8/c1-12(2)14-8-6-13(7-9-14)10-11-15(3,4)5;1-7-4-5-8(2)9(3)6-7;1-3-2/h6-9H,1H2,2-5H3;4-6H,1-3H3;3H2,1-2H3. The Kier molecular flexibility index (Phi) is 11.2. The predicted octanol–water partition coefficient (Wildman–Crippen LogP) is 8.15. The summed E-state index contributed by atoms with van der Waals surface area (Å²) in [7, 11) is 0. The zero-order valence-electron chi connectivity index (χ0n) is 19.0. The molecule has 0 fully saturated rings. The van der Waals surface area contributed by atoms with Crippen LogP contribution in [-0.2, 0) is 0 Å². The van der Waals surface area contributed by atoms with Gasteiger partial charge in [-0.3, -0.25) is 0 Å². The van der Waals surface area contributed by atoms with Crippen LogP contribution in [0.25, 0.3) is 5.57 Å². The molecule has 0 aliphatic rings. The van der Waals surface area contributed by atoms with Gasteiger partial charge in [0, 0.05) is 11.0 Å². The van der Waals surface area contributed by atoms with E-state index >= 15 is 0 Å². The molecule has 0 nitrogen and oxygen atoms in total. The van der Waals surface area contributed by atoms with E-state index in [1.54, 1.807) is 0 Å². The number of benzene rings is 2. The smallest absolute Gasteiger partial charge is 0.0245 e. The largest absolute Gasteiger partial charge is 0.0955 e. The van der Waals surface area contributed by atoms with Crippen molar-refractivity contribution in [1.82, 2.24) is 0 Å². The minimum Gasteiger partial charge on any atom is -0.0955 e. The molecule has 146 valence electrons. The first kappa shape index (κ1) is 24.7. The van der Waals surface area contributed by atoms with E-state index in [0.717, 1.165) is 11.1 Å². The fraction of sp³-hybridized carbons (Fsp3) is 0.407. The Bertz CT molecular complexity index is 756. The molecular weight excluding hydrogens is 324 g/mol. The first-order valence-electron chi connectivity index (χ1n) is 9.83. The molecule has 0 aliphatic carbocycles. The maximum Gasteiger partial charge on any atom is 0.0245 e. The van der Waals surface area contributed by atoms with Gasteiger partial charge in [-0.1, -0.05) is 80.2 Å². The first-order chi connectivity index (χ1) is 12.5. The second kappa shape index (κ2) is 12.2. The molecule has 0 heterocycles. The maximum atomic E-state index is 3.90. The summed E-state index contributed by atoms with van der Waals surface area (Å²) in [5.74, 6) is 6.39. The molecule has 0 radical (unpaired) electrons. The molecule has 2 rings (SSSR count). The zero-order valence-corrected chi connectivity index (χ0v) is 19.0. The minimum atomic E-state index is 0.0625. The molecule has 0 aromatic heterocycles. The van der Waals surface area contributed by atoms with Gasteiger partial charge in [0.25, 0.3) is 0 Å². The molecule has 2 aromatic carbocycles. The quantitative estimate of drug-likeness (QED) is 0.449. The molecule has 0 aliphatic heterocycles. The summed E-state index contributed by atoms with van der Waals surface area (Å²) in [4.78, 5) is 0. The number of hydrogen-bond acceptors (Lipinski definition) is 0. The lowest BCUT2D eigenvalue weighted by molar-refractivity contribution is 0.571. The molecule has 27 heavy (non-hydrogen) atoms. The van der Waals surface area contributed by atoms with E-state index in [2.05, 4.69) is 104 Å². The van der Waals surface area contributed by atoms with E-state index in [9.17, 15) is 0 Å². The second-order valence-corrected chi connectivity index (χ2v) is 8.15. The SMILES string of the molecule is C=C(C)c1ccc(C#CC(C)(C)C)cc1.CCC.Cc1ccc(C)c(C)c1. The number of aryl methyl sites for hydroxylation is 3. The molecule has 0 saturated heterocycles. The molecule has 0 spiro atoms. The second-order valence-electron chi connectivity index (χ2n) is 8.15. The molecule has 0 heteroatoms. The average Bonchev–Trinajstić information content (AvgIpc) is 2.58. The fourth-order valence-electron chi connectivity index (χ4n) is 1.99. The van der Waals surface area contributed by atoms with Crippen molar-refractivity contribution in [2.24, 2.45) is 5.41 Å². The molecule has 0 saturated carbocycles. The lowest BCUT2D eigenvalue weighted by Gasteiger charge is -2.06. The van der Waals surface area contributed by atoms with Crippen LogP contribution in [0.15, 0.2) is 49.0 Å². The van der Waals surface area contributed by atoms with E-state index in [-0.39, 0.29) is 5.41 Å². The van der Waals surface area contributed by atoms with Crippen LogP contribution < -0.4 is 0 Å². The summed E-state index contributed by atoms with van der Waals surface area (Å²) < 4.78 is 0. The summed E-state index contributed by atoms with van der Waals surface area (Å²) in [5, 5.41) is 0. The van der Waals surface area contributed by atoms with Gasteiger partial charge >= 0.3 is 0 Å². The van der Waals surface area contributed by atoms with Gasteiger partial charge in [-0.25, -0.2) is 0 Å². The van der Waals surface area contributed by atoms with Crippen molar-refractivity contribution in [3.05, 3.63) is 76.9 Å². The van der Waals surface area contributed by atoms with Gasteiger partial charge < -0.3 is 0 Å². The zero-order chi connectivity index (χ0) is 21.0. The summed E-state index contributed by atoms with van der Waals surface area (Å²) in [6.07, 6.45) is 1.25. The summed E-state index contributed by atoms with van der Waals surface area (Å²) in [6.45, 7) is 22.9. The van der Waals surface area contributed by atoms with Gasteiger partial charge in [-0.05, 0) is 77.3 Å². The van der Waals surface area contributed by atoms with Crippen LogP contribution in [0.4, 0.5) is 0 Å². The number of hydrogen-bond donors (Lipinski definition) is 0. The van der Waals surface area contributed by atoms with Crippen LogP contribution in [0.2, 0.25) is 0 Å². The molecule has 0 unspecified atom stereocenters. The third-order valence-corrected chi connectivity index (χ3v) is 3.62. The Morgan fingerprint density at radius 3 is 1.78 bits per heavy atom. The summed E-state index contributed by atoms with van der Waals surface area (Å²) in [5.41, 5.74) is 7.50. The van der Waals surface area contributed by atoms with E-state index in [0.29, 0.717) is 0 Å². The van der Waals surface area contributed by atoms with Crippen molar-refractivity contribution in [3.63, 3.8) is 0 Å². The monoisotopic (exact) mass is 362 g/mol. The van der Waals surface area contributed by atoms with Crippen molar-refractivity contribution in [3.8, 4) is 11.8 Å². The summed E-state index contributed by atoms with van der Waals surface area (Å²) in [6, 6.07) is 14.7. The van der Waals surface area contributed by atoms with Crippen molar-refractivity contribution >= 4 is 5.57 Å². The van der Waals surface area contributed by atoms with Gasteiger partial charge in [0.1, 0.15) is 0 Å². The van der Waals surface area contributed by atoms with Crippen molar-refractivity contribution < 1.29 is 0 Å². The number of allylic oxidation sites excluding steroid dienone is 1. The van der Waals surface area contributed by atoms with Crippen LogP contribution in [-0.4, -0.2) is 0 Å². The van der Waals surface area contributed by atoms with E-state index in [1.165, 1.54) is 28.7 Å². The van der Waals surface area contributed by atoms with Crippen LogP contribution >= 0.6 is 0 Å². The first-order valence-corrected chi connectivity index (χ1v) is 9.83. The fourth-order valence-corrected chi connectivity index (χ4v) is 1.99. The lowest BCUT2D eigenvalue weighted by Crippen LogP contribution is -1.99. The predicted molar refractivity (Wildman–Crippen MR) is 124 cm³/mol. The third kappa shape index (κ3) is 11.9. The van der Waals surface area contributed by atoms with E-state index < -0.39 is 0 Å².